The summed E-state index contributed by atoms with van der Waals surface area (Å²) in [6.45, 7) is 13.1. The van der Waals surface area contributed by atoms with Crippen LogP contribution in [0, 0.1) is 5.92 Å². The second kappa shape index (κ2) is 9.31. The zero-order valence-electron chi connectivity index (χ0n) is 19.0. The van der Waals surface area contributed by atoms with Crippen molar-refractivity contribution in [2.75, 3.05) is 36.4 Å². The zero-order chi connectivity index (χ0) is 22.8. The molecule has 1 aliphatic rings. The van der Waals surface area contributed by atoms with Crippen molar-refractivity contribution >= 4 is 34.8 Å². The summed E-state index contributed by atoms with van der Waals surface area (Å²) in [6.07, 6.45) is 0. The number of carbonyl (C=O) groups is 2. The van der Waals surface area contributed by atoms with E-state index < -0.39 is 0 Å². The van der Waals surface area contributed by atoms with E-state index in [-0.39, 0.29) is 23.1 Å². The molecular weight excluding hydrogens is 410 g/mol. The van der Waals surface area contributed by atoms with E-state index >= 15 is 0 Å². The molecule has 0 unspecified atom stereocenters. The fraction of sp³-hybridized carbons (Fsp3) is 0.440. The molecule has 3 rings (SSSR count). The van der Waals surface area contributed by atoms with Gasteiger partial charge in [0.2, 0.25) is 5.91 Å². The highest BCUT2D eigenvalue weighted by molar-refractivity contribution is 6.31. The highest BCUT2D eigenvalue weighted by Gasteiger charge is 2.24. The van der Waals surface area contributed by atoms with E-state index in [0.29, 0.717) is 42.5 Å². The van der Waals surface area contributed by atoms with E-state index in [4.69, 9.17) is 11.6 Å². The Hall–Kier alpha value is -2.53. The molecule has 0 aliphatic carbocycles. The number of nitrogens with zero attached hydrogens (tertiary/aromatic N) is 2. The first-order valence-electron chi connectivity index (χ1n) is 10.8. The van der Waals surface area contributed by atoms with Crippen molar-refractivity contribution < 1.29 is 9.59 Å². The molecule has 5 nitrogen and oxygen atoms in total. The molecule has 0 aromatic heterocycles. The number of hydrogen-bond acceptors (Lipinski definition) is 3. The molecule has 1 heterocycles. The molecule has 1 N–H and O–H groups in total. The second-order valence-corrected chi connectivity index (χ2v) is 9.85. The molecule has 0 radical (unpaired) electrons. The number of hydrogen-bond donors (Lipinski definition) is 1. The van der Waals surface area contributed by atoms with E-state index in [9.17, 15) is 9.59 Å². The van der Waals surface area contributed by atoms with Gasteiger partial charge < -0.3 is 15.1 Å². The maximum atomic E-state index is 12.9. The monoisotopic (exact) mass is 441 g/mol. The summed E-state index contributed by atoms with van der Waals surface area (Å²) in [5.41, 5.74) is 3.42. The van der Waals surface area contributed by atoms with Gasteiger partial charge >= 0.3 is 0 Å². The summed E-state index contributed by atoms with van der Waals surface area (Å²) in [5, 5.41) is 3.60. The maximum Gasteiger partial charge on any atom is 0.255 e. The Morgan fingerprint density at radius 3 is 2.13 bits per heavy atom. The number of benzene rings is 2. The molecule has 0 spiro atoms. The molecule has 1 saturated heterocycles. The lowest BCUT2D eigenvalue weighted by molar-refractivity contribution is -0.134. The summed E-state index contributed by atoms with van der Waals surface area (Å²) >= 11 is 6.23. The third kappa shape index (κ3) is 5.59. The lowest BCUT2D eigenvalue weighted by Gasteiger charge is -2.37. The van der Waals surface area contributed by atoms with Crippen LogP contribution in [-0.4, -0.2) is 42.9 Å². The van der Waals surface area contributed by atoms with Crippen LogP contribution >= 0.6 is 11.6 Å². The summed E-state index contributed by atoms with van der Waals surface area (Å²) in [5.74, 6) is 0.0159. The predicted octanol–water partition coefficient (Wildman–Crippen LogP) is 5.19. The van der Waals surface area contributed by atoms with Crippen LogP contribution in [0.5, 0.6) is 0 Å². The Kier molecular flexibility index (Phi) is 6.95. The summed E-state index contributed by atoms with van der Waals surface area (Å²) in [4.78, 5) is 29.3. The molecule has 0 bridgehead atoms. The zero-order valence-corrected chi connectivity index (χ0v) is 19.8. The molecular formula is C25H32ClN3O2. The summed E-state index contributed by atoms with van der Waals surface area (Å²) < 4.78 is 0. The average molecular weight is 442 g/mol. The first-order chi connectivity index (χ1) is 14.6. The molecule has 31 heavy (non-hydrogen) atoms. The number of anilines is 2. The van der Waals surface area contributed by atoms with Gasteiger partial charge in [-0.05, 0) is 41.3 Å². The SMILES string of the molecule is CC(C)C(=O)N1CCN(c2ccc(Cl)cc2NC(=O)c2ccc(C(C)(C)C)cc2)CC1. The van der Waals surface area contributed by atoms with E-state index in [1.165, 1.54) is 5.56 Å². The van der Waals surface area contributed by atoms with Crippen molar-refractivity contribution in [1.29, 1.82) is 0 Å². The van der Waals surface area contributed by atoms with Crippen molar-refractivity contribution in [3.63, 3.8) is 0 Å². The Labute approximate surface area is 190 Å². The highest BCUT2D eigenvalue weighted by atomic mass is 35.5. The Morgan fingerprint density at radius 2 is 1.58 bits per heavy atom. The van der Waals surface area contributed by atoms with Crippen LogP contribution in [0.3, 0.4) is 0 Å². The number of amides is 2. The lowest BCUT2D eigenvalue weighted by Crippen LogP contribution is -2.50. The van der Waals surface area contributed by atoms with E-state index in [1.807, 2.05) is 55.1 Å². The Balaban J connectivity index is 1.75. The summed E-state index contributed by atoms with van der Waals surface area (Å²) in [6, 6.07) is 13.3. The number of nitrogens with one attached hydrogen (secondary N) is 1. The third-order valence-corrected chi connectivity index (χ3v) is 5.88. The molecule has 2 amide bonds. The highest BCUT2D eigenvalue weighted by Crippen LogP contribution is 2.31. The van der Waals surface area contributed by atoms with Crippen molar-refractivity contribution in [1.82, 2.24) is 4.90 Å². The summed E-state index contributed by atoms with van der Waals surface area (Å²) in [7, 11) is 0. The van der Waals surface area contributed by atoms with Gasteiger partial charge in [0.1, 0.15) is 0 Å². The number of halogens is 1. The molecule has 2 aromatic carbocycles. The van der Waals surface area contributed by atoms with Gasteiger partial charge in [-0.1, -0.05) is 58.4 Å². The van der Waals surface area contributed by atoms with Gasteiger partial charge in [-0.3, -0.25) is 9.59 Å². The van der Waals surface area contributed by atoms with Gasteiger partial charge in [-0.15, -0.1) is 0 Å². The third-order valence-electron chi connectivity index (χ3n) is 5.65. The van der Waals surface area contributed by atoms with Gasteiger partial charge in [0.05, 0.1) is 11.4 Å². The van der Waals surface area contributed by atoms with E-state index in [2.05, 4.69) is 31.0 Å². The van der Waals surface area contributed by atoms with Crippen molar-refractivity contribution in [2.24, 2.45) is 5.92 Å². The van der Waals surface area contributed by atoms with Gasteiger partial charge in [0, 0.05) is 42.7 Å². The fourth-order valence-corrected chi connectivity index (χ4v) is 3.91. The standard InChI is InChI=1S/C25H32ClN3O2/c1-17(2)24(31)29-14-12-28(13-15-29)22-11-10-20(26)16-21(22)27-23(30)18-6-8-19(9-7-18)25(3,4)5/h6-11,16-17H,12-15H2,1-5H3,(H,27,30). The quantitative estimate of drug-likeness (QED) is 0.709. The van der Waals surface area contributed by atoms with Crippen molar-refractivity contribution in [3.8, 4) is 0 Å². The second-order valence-electron chi connectivity index (χ2n) is 9.41. The van der Waals surface area contributed by atoms with E-state index in [0.717, 1.165) is 5.69 Å². The largest absolute Gasteiger partial charge is 0.366 e. The lowest BCUT2D eigenvalue weighted by atomic mass is 9.87. The first kappa shape index (κ1) is 23.1. The van der Waals surface area contributed by atoms with E-state index in [1.54, 1.807) is 6.07 Å². The Bertz CT molecular complexity index is 940. The molecule has 166 valence electrons. The number of rotatable bonds is 4. The molecule has 0 atom stereocenters. The van der Waals surface area contributed by atoms with Gasteiger partial charge in [0.25, 0.3) is 5.91 Å². The van der Waals surface area contributed by atoms with Gasteiger partial charge in [-0.2, -0.15) is 0 Å². The topological polar surface area (TPSA) is 52.7 Å². The van der Waals surface area contributed by atoms with Crippen LogP contribution in [0.25, 0.3) is 0 Å². The maximum absolute atomic E-state index is 12.9. The minimum absolute atomic E-state index is 0.00148. The van der Waals surface area contributed by atoms with Gasteiger partial charge in [-0.25, -0.2) is 0 Å². The van der Waals surface area contributed by atoms with Crippen LogP contribution in [0.4, 0.5) is 11.4 Å². The van der Waals surface area contributed by atoms with Crippen LogP contribution < -0.4 is 10.2 Å². The average Bonchev–Trinajstić information content (AvgIpc) is 2.73. The number of carbonyl (C=O) groups excluding carboxylic acids is 2. The smallest absolute Gasteiger partial charge is 0.255 e. The van der Waals surface area contributed by atoms with Crippen LogP contribution in [-0.2, 0) is 10.2 Å². The van der Waals surface area contributed by atoms with Gasteiger partial charge in [0.15, 0.2) is 0 Å². The minimum atomic E-state index is -0.169. The molecule has 1 fully saturated rings. The predicted molar refractivity (Wildman–Crippen MR) is 128 cm³/mol. The Morgan fingerprint density at radius 1 is 0.968 bits per heavy atom. The first-order valence-corrected chi connectivity index (χ1v) is 11.2. The molecule has 6 heteroatoms. The number of piperazine rings is 1. The van der Waals surface area contributed by atoms with Crippen LogP contribution in [0.1, 0.15) is 50.5 Å². The van der Waals surface area contributed by atoms with Crippen molar-refractivity contribution in [3.05, 3.63) is 58.6 Å². The minimum Gasteiger partial charge on any atom is -0.366 e. The molecule has 1 aliphatic heterocycles. The normalized spacial score (nSPS) is 14.7. The fourth-order valence-electron chi connectivity index (χ4n) is 3.73. The van der Waals surface area contributed by atoms with Crippen LogP contribution in [0.15, 0.2) is 42.5 Å². The van der Waals surface area contributed by atoms with Crippen molar-refractivity contribution in [2.45, 2.75) is 40.0 Å². The molecule has 2 aromatic rings. The molecule has 0 saturated carbocycles. The van der Waals surface area contributed by atoms with Crippen LogP contribution in [0.2, 0.25) is 5.02 Å².